The van der Waals surface area contributed by atoms with Crippen molar-refractivity contribution in [2.45, 2.75) is 12.5 Å². The summed E-state index contributed by atoms with van der Waals surface area (Å²) >= 11 is 0. The van der Waals surface area contributed by atoms with E-state index in [-0.39, 0.29) is 17.5 Å². The van der Waals surface area contributed by atoms with E-state index in [9.17, 15) is 14.4 Å². The van der Waals surface area contributed by atoms with Crippen LogP contribution in [0, 0.1) is 11.3 Å². The topological polar surface area (TPSA) is 87.5 Å². The minimum atomic E-state index is -1.13. The molecule has 1 aliphatic rings. The average molecular weight is 473 g/mol. The summed E-state index contributed by atoms with van der Waals surface area (Å²) in [7, 11) is 0. The maximum absolute atomic E-state index is 13.4. The van der Waals surface area contributed by atoms with Crippen molar-refractivity contribution >= 4 is 17.8 Å². The maximum Gasteiger partial charge on any atom is 0.335 e. The van der Waals surface area contributed by atoms with Crippen LogP contribution < -0.4 is 4.74 Å². The molecule has 0 aromatic heterocycles. The molecule has 174 valence electrons. The Hall–Kier alpha value is -5.02. The first-order valence-corrected chi connectivity index (χ1v) is 11.4. The highest BCUT2D eigenvalue weighted by atomic mass is 16.5. The van der Waals surface area contributed by atoms with Gasteiger partial charge in [0.15, 0.2) is 0 Å². The number of esters is 1. The van der Waals surface area contributed by atoms with Crippen LogP contribution in [0.2, 0.25) is 0 Å². The zero-order valence-corrected chi connectivity index (χ0v) is 19.1. The van der Waals surface area contributed by atoms with Gasteiger partial charge in [-0.2, -0.15) is 5.26 Å². The van der Waals surface area contributed by atoms with Crippen LogP contribution in [0.15, 0.2) is 103 Å². The molecule has 5 rings (SSSR count). The number of hydrogen-bond donors (Lipinski definition) is 0. The fourth-order valence-electron chi connectivity index (χ4n) is 4.25. The van der Waals surface area contributed by atoms with E-state index in [0.717, 1.165) is 21.6 Å². The van der Waals surface area contributed by atoms with Crippen LogP contribution in [0.25, 0.3) is 11.1 Å². The molecule has 1 aliphatic heterocycles. The number of rotatable bonds is 6. The van der Waals surface area contributed by atoms with E-state index in [4.69, 9.17) is 10.00 Å². The Morgan fingerprint density at radius 3 is 1.83 bits per heavy atom. The molecule has 0 N–H and O–H groups in total. The van der Waals surface area contributed by atoms with Gasteiger partial charge in [-0.1, -0.05) is 66.7 Å². The zero-order chi connectivity index (χ0) is 25.1. The van der Waals surface area contributed by atoms with Crippen LogP contribution in [0.4, 0.5) is 0 Å². The van der Waals surface area contributed by atoms with Crippen molar-refractivity contribution < 1.29 is 19.1 Å². The minimum Gasteiger partial charge on any atom is -0.425 e. The van der Waals surface area contributed by atoms with Crippen molar-refractivity contribution in [2.75, 3.05) is 0 Å². The molecule has 4 aromatic carbocycles. The third kappa shape index (κ3) is 4.38. The van der Waals surface area contributed by atoms with E-state index in [1.54, 1.807) is 60.7 Å². The Morgan fingerprint density at radius 2 is 1.28 bits per heavy atom. The summed E-state index contributed by atoms with van der Waals surface area (Å²) in [5.74, 6) is -1.42. The van der Waals surface area contributed by atoms with Crippen molar-refractivity contribution in [1.82, 2.24) is 4.90 Å². The minimum absolute atomic E-state index is 0.133. The van der Waals surface area contributed by atoms with Crippen molar-refractivity contribution in [3.05, 3.63) is 125 Å². The smallest absolute Gasteiger partial charge is 0.335 e. The lowest BCUT2D eigenvalue weighted by atomic mass is 10.0. The molecular weight excluding hydrogens is 452 g/mol. The van der Waals surface area contributed by atoms with Crippen LogP contribution >= 0.6 is 0 Å². The Kier molecular flexibility index (Phi) is 6.12. The molecule has 1 atom stereocenters. The number of nitriles is 1. The van der Waals surface area contributed by atoms with Gasteiger partial charge in [-0.15, -0.1) is 0 Å². The lowest BCUT2D eigenvalue weighted by Crippen LogP contribution is -2.48. The van der Waals surface area contributed by atoms with E-state index >= 15 is 0 Å². The highest BCUT2D eigenvalue weighted by Crippen LogP contribution is 2.28. The SMILES string of the molecule is N#Cc1ccc(-c2ccc(OC(=O)[C@H](Cc3ccccc3)N3C(=O)c4ccccc4C3=O)cc2)cc1. The molecule has 4 aromatic rings. The average Bonchev–Trinajstić information content (AvgIpc) is 3.18. The Bertz CT molecular complexity index is 1450. The summed E-state index contributed by atoms with van der Waals surface area (Å²) in [6.45, 7) is 0. The van der Waals surface area contributed by atoms with E-state index in [0.29, 0.717) is 11.3 Å². The fourth-order valence-corrected chi connectivity index (χ4v) is 4.25. The summed E-state index contributed by atoms with van der Waals surface area (Å²) in [5, 5.41) is 8.98. The normalized spacial score (nSPS) is 13.1. The number of ether oxygens (including phenoxy) is 1. The van der Waals surface area contributed by atoms with Gasteiger partial charge in [0.25, 0.3) is 11.8 Å². The zero-order valence-electron chi connectivity index (χ0n) is 19.1. The van der Waals surface area contributed by atoms with Crippen LogP contribution in [-0.4, -0.2) is 28.7 Å². The van der Waals surface area contributed by atoms with Crippen molar-refractivity contribution in [3.63, 3.8) is 0 Å². The Balaban J connectivity index is 1.40. The van der Waals surface area contributed by atoms with Gasteiger partial charge in [0.1, 0.15) is 11.8 Å². The number of imide groups is 1. The highest BCUT2D eigenvalue weighted by molar-refractivity contribution is 6.22. The van der Waals surface area contributed by atoms with Crippen LogP contribution in [0.1, 0.15) is 31.8 Å². The lowest BCUT2D eigenvalue weighted by Gasteiger charge is -2.24. The third-order valence-electron chi connectivity index (χ3n) is 6.10. The molecule has 0 bridgehead atoms. The van der Waals surface area contributed by atoms with Gasteiger partial charge in [-0.25, -0.2) is 4.79 Å². The summed E-state index contributed by atoms with van der Waals surface area (Å²) in [6, 6.07) is 30.8. The molecule has 6 nitrogen and oxygen atoms in total. The number of benzene rings is 4. The number of carbonyl (C=O) groups excluding carboxylic acids is 3. The molecule has 0 radical (unpaired) electrons. The number of amides is 2. The first-order valence-electron chi connectivity index (χ1n) is 11.4. The molecule has 1 heterocycles. The van der Waals surface area contributed by atoms with Crippen LogP contribution in [-0.2, 0) is 11.2 Å². The Labute approximate surface area is 208 Å². The number of nitrogens with zero attached hydrogens (tertiary/aromatic N) is 2. The summed E-state index contributed by atoms with van der Waals surface area (Å²) < 4.78 is 5.66. The van der Waals surface area contributed by atoms with Gasteiger partial charge in [-0.05, 0) is 53.1 Å². The number of hydrogen-bond acceptors (Lipinski definition) is 5. The second kappa shape index (κ2) is 9.69. The quantitative estimate of drug-likeness (QED) is 0.223. The van der Waals surface area contributed by atoms with Gasteiger partial charge in [0.2, 0.25) is 0 Å². The molecule has 36 heavy (non-hydrogen) atoms. The van der Waals surface area contributed by atoms with Gasteiger partial charge in [-0.3, -0.25) is 14.5 Å². The molecular formula is C30H20N2O4. The van der Waals surface area contributed by atoms with E-state index in [2.05, 4.69) is 6.07 Å². The van der Waals surface area contributed by atoms with Gasteiger partial charge >= 0.3 is 5.97 Å². The first kappa shape index (κ1) is 22.8. The molecule has 0 spiro atoms. The van der Waals surface area contributed by atoms with E-state index in [1.165, 1.54) is 0 Å². The fraction of sp³-hybridized carbons (Fsp3) is 0.0667. The summed E-state index contributed by atoms with van der Waals surface area (Å²) in [4.78, 5) is 40.6. The molecule has 0 saturated heterocycles. The van der Waals surface area contributed by atoms with Crippen LogP contribution in [0.5, 0.6) is 5.75 Å². The van der Waals surface area contributed by atoms with E-state index < -0.39 is 23.8 Å². The molecule has 0 aliphatic carbocycles. The standard InChI is InChI=1S/C30H20N2O4/c31-19-21-10-12-22(13-11-21)23-14-16-24(17-15-23)36-30(35)27(18-20-6-2-1-3-7-20)32-28(33)25-8-4-5-9-26(25)29(32)34/h1-17,27H,18H2/t27-/m0/s1. The maximum atomic E-state index is 13.4. The Morgan fingerprint density at radius 1 is 0.750 bits per heavy atom. The van der Waals surface area contributed by atoms with Crippen LogP contribution in [0.3, 0.4) is 0 Å². The van der Waals surface area contributed by atoms with Crippen molar-refractivity contribution in [2.24, 2.45) is 0 Å². The predicted molar refractivity (Wildman–Crippen MR) is 133 cm³/mol. The molecule has 2 amide bonds. The summed E-state index contributed by atoms with van der Waals surface area (Å²) in [6.07, 6.45) is 0.133. The van der Waals surface area contributed by atoms with Gasteiger partial charge < -0.3 is 4.74 Å². The van der Waals surface area contributed by atoms with E-state index in [1.807, 2.05) is 42.5 Å². The number of fused-ring (bicyclic) bond motifs is 1. The highest BCUT2D eigenvalue weighted by Gasteiger charge is 2.43. The lowest BCUT2D eigenvalue weighted by molar-refractivity contribution is -0.138. The van der Waals surface area contributed by atoms with Crippen molar-refractivity contribution in [3.8, 4) is 22.9 Å². The van der Waals surface area contributed by atoms with Crippen molar-refractivity contribution in [1.29, 1.82) is 5.26 Å². The first-order chi connectivity index (χ1) is 17.5. The van der Waals surface area contributed by atoms with Gasteiger partial charge in [0, 0.05) is 6.42 Å². The number of carbonyl (C=O) groups is 3. The summed E-state index contributed by atoms with van der Waals surface area (Å²) in [5.41, 5.74) is 3.73. The second-order valence-corrected chi connectivity index (χ2v) is 8.37. The molecule has 0 saturated carbocycles. The largest absolute Gasteiger partial charge is 0.425 e. The second-order valence-electron chi connectivity index (χ2n) is 8.37. The predicted octanol–water partition coefficient (Wildman–Crippen LogP) is 5.04. The third-order valence-corrected chi connectivity index (χ3v) is 6.10. The molecule has 0 unspecified atom stereocenters. The molecule has 6 heteroatoms. The van der Waals surface area contributed by atoms with Gasteiger partial charge in [0.05, 0.1) is 22.8 Å². The monoisotopic (exact) mass is 472 g/mol. The molecule has 0 fully saturated rings.